The van der Waals surface area contributed by atoms with E-state index in [1.165, 1.54) is 10.8 Å². The van der Waals surface area contributed by atoms with Crippen LogP contribution in [0.15, 0.2) is 43.1 Å². The minimum Gasteiger partial charge on any atom is -0.354 e. The first kappa shape index (κ1) is 12.8. The molecule has 140 valence electrons. The number of nitrogens with one attached hydrogen (secondary N) is 1. The van der Waals surface area contributed by atoms with E-state index in [1.807, 2.05) is 13.0 Å². The summed E-state index contributed by atoms with van der Waals surface area (Å²) in [5.74, 6) is 0.182. The molecular weight excluding hydrogens is 352 g/mol. The fourth-order valence-corrected chi connectivity index (χ4v) is 3.08. The molecule has 1 N–H and O–H groups in total. The third-order valence-electron chi connectivity index (χ3n) is 4.57. The average molecular weight is 376 g/mol. The molecule has 0 radical (unpaired) electrons. The molecule has 0 saturated carbocycles. The van der Waals surface area contributed by atoms with Crippen LogP contribution in [0, 0.1) is 13.8 Å². The molecule has 0 fully saturated rings. The maximum atomic E-state index is 8.94. The maximum absolute atomic E-state index is 8.94. The third-order valence-corrected chi connectivity index (χ3v) is 4.57. The highest BCUT2D eigenvalue weighted by Gasteiger charge is 2.21. The quantitative estimate of drug-likeness (QED) is 0.588. The van der Waals surface area contributed by atoms with Gasteiger partial charge in [0.25, 0.3) is 0 Å². The zero-order valence-corrected chi connectivity index (χ0v) is 15.4. The number of fused-ring (bicyclic) bond motifs is 2. The molecule has 8 heteroatoms. The number of hydrogen-bond acceptors (Lipinski definition) is 7. The van der Waals surface area contributed by atoms with Crippen molar-refractivity contribution in [1.29, 1.82) is 0 Å². The van der Waals surface area contributed by atoms with Gasteiger partial charge < -0.3 is 10.2 Å². The smallest absolute Gasteiger partial charge is 0.177 e. The van der Waals surface area contributed by atoms with Crippen molar-refractivity contribution >= 4 is 22.8 Å². The van der Waals surface area contributed by atoms with Gasteiger partial charge in [-0.25, -0.2) is 0 Å². The minimum atomic E-state index is -2.21. The molecule has 0 unspecified atom stereocenters. The Hall–Kier alpha value is -3.55. The van der Waals surface area contributed by atoms with Gasteiger partial charge in [-0.3, -0.25) is 9.97 Å². The molecule has 0 aromatic carbocycles. The van der Waals surface area contributed by atoms with Crippen LogP contribution in [0.1, 0.15) is 27.9 Å². The van der Waals surface area contributed by atoms with Gasteiger partial charge in [0.1, 0.15) is 6.33 Å². The Morgan fingerprint density at radius 1 is 1.18 bits per heavy atom. The lowest BCUT2D eigenvalue weighted by atomic mass is 10.0. The van der Waals surface area contributed by atoms with Crippen LogP contribution >= 0.6 is 0 Å². The summed E-state index contributed by atoms with van der Waals surface area (Å²) in [5, 5.41) is 15.4. The first-order chi connectivity index (χ1) is 15.2. The van der Waals surface area contributed by atoms with Crippen molar-refractivity contribution in [3.05, 3.63) is 65.5 Å². The van der Waals surface area contributed by atoms with E-state index in [1.54, 1.807) is 37.6 Å². The Bertz CT molecular complexity index is 1340. The molecule has 0 amide bonds. The van der Waals surface area contributed by atoms with E-state index in [4.69, 9.17) is 5.48 Å². The van der Waals surface area contributed by atoms with Crippen LogP contribution < -0.4 is 10.2 Å². The number of aryl methyl sites for hydroxylation is 3. The van der Waals surface area contributed by atoms with Gasteiger partial charge >= 0.3 is 0 Å². The molecule has 1 aliphatic rings. The number of nitrogens with zero attached hydrogens (tertiary/aromatic N) is 7. The predicted molar refractivity (Wildman–Crippen MR) is 107 cm³/mol. The Morgan fingerprint density at radius 3 is 3.00 bits per heavy atom. The van der Waals surface area contributed by atoms with Crippen LogP contribution in [0.2, 0.25) is 0 Å². The number of hydrogen-bond donors (Lipinski definition) is 1. The van der Waals surface area contributed by atoms with Gasteiger partial charge in [0.05, 0.1) is 14.6 Å². The van der Waals surface area contributed by atoms with E-state index in [0.29, 0.717) is 22.6 Å². The van der Waals surface area contributed by atoms with Crippen LogP contribution in [0.25, 0.3) is 5.65 Å². The molecule has 28 heavy (non-hydrogen) atoms. The molecule has 5 rings (SSSR count). The first-order valence-corrected chi connectivity index (χ1v) is 8.82. The second-order valence-corrected chi connectivity index (χ2v) is 6.60. The Kier molecular flexibility index (Phi) is 2.99. The number of aromatic nitrogens is 6. The molecule has 0 spiro atoms. The topological polar surface area (TPSA) is 84.1 Å². The van der Waals surface area contributed by atoms with Crippen molar-refractivity contribution in [2.75, 3.05) is 16.7 Å². The van der Waals surface area contributed by atoms with E-state index in [2.05, 4.69) is 30.6 Å². The molecule has 5 heterocycles. The predicted octanol–water partition coefficient (Wildman–Crippen LogP) is 2.84. The molecule has 4 aromatic rings. The summed E-state index contributed by atoms with van der Waals surface area (Å²) in [6, 6.07) is 5.21. The van der Waals surface area contributed by atoms with Crippen LogP contribution in [0.5, 0.6) is 0 Å². The van der Waals surface area contributed by atoms with E-state index in [9.17, 15) is 0 Å². The maximum Gasteiger partial charge on any atom is 0.177 e. The third kappa shape index (κ3) is 2.92. The summed E-state index contributed by atoms with van der Waals surface area (Å²) in [6.07, 6.45) is 6.32. The van der Waals surface area contributed by atoms with Crippen molar-refractivity contribution in [3.8, 4) is 0 Å². The Morgan fingerprint density at radius 2 is 2.11 bits per heavy atom. The number of rotatable bonds is 3. The summed E-state index contributed by atoms with van der Waals surface area (Å²) in [6.45, 7) is -0.596. The zero-order chi connectivity index (χ0) is 22.7. The van der Waals surface area contributed by atoms with Gasteiger partial charge in [-0.1, -0.05) is 0 Å². The average Bonchev–Trinajstić information content (AvgIpc) is 3.17. The molecule has 0 saturated heterocycles. The van der Waals surface area contributed by atoms with Gasteiger partial charge in [-0.2, -0.15) is 4.52 Å². The summed E-state index contributed by atoms with van der Waals surface area (Å²) < 4.78 is 36.6. The lowest BCUT2D eigenvalue weighted by Crippen LogP contribution is -2.32. The van der Waals surface area contributed by atoms with Crippen molar-refractivity contribution in [1.82, 2.24) is 29.8 Å². The Labute approximate surface area is 167 Å². The van der Waals surface area contributed by atoms with E-state index < -0.39 is 13.0 Å². The summed E-state index contributed by atoms with van der Waals surface area (Å²) in [4.78, 5) is 9.57. The highest BCUT2D eigenvalue weighted by molar-refractivity contribution is 5.63. The molecular formula is C20H20N8. The van der Waals surface area contributed by atoms with Crippen molar-refractivity contribution in [2.24, 2.45) is 0 Å². The number of pyridine rings is 2. The van der Waals surface area contributed by atoms with E-state index in [-0.39, 0.29) is 17.8 Å². The summed E-state index contributed by atoms with van der Waals surface area (Å²) >= 11 is 0. The van der Waals surface area contributed by atoms with E-state index >= 15 is 0 Å². The molecule has 0 bridgehead atoms. The zero-order valence-electron chi connectivity index (χ0n) is 19.4. The molecule has 4 aromatic heterocycles. The van der Waals surface area contributed by atoms with Crippen molar-refractivity contribution in [2.45, 2.75) is 26.8 Å². The highest BCUT2D eigenvalue weighted by atomic mass is 15.4. The van der Waals surface area contributed by atoms with Crippen LogP contribution in [0.3, 0.4) is 0 Å². The monoisotopic (exact) mass is 376 g/mol. The molecule has 1 aliphatic heterocycles. The largest absolute Gasteiger partial charge is 0.354 e. The second-order valence-electron chi connectivity index (χ2n) is 6.60. The van der Waals surface area contributed by atoms with Gasteiger partial charge in [-0.05, 0) is 48.7 Å². The SMILES string of the molecule is [2H]C1([2H])Cc2ncc(Nc3ccncc3C)cc2C([2H])([2H])N1c1nn2cnnc2cc1C. The van der Waals surface area contributed by atoms with Crippen LogP contribution in [-0.2, 0) is 12.9 Å². The lowest BCUT2D eigenvalue weighted by molar-refractivity contribution is 0.689. The second kappa shape index (κ2) is 6.56. The molecule has 8 nitrogen and oxygen atoms in total. The first-order valence-electron chi connectivity index (χ1n) is 10.8. The van der Waals surface area contributed by atoms with Crippen LogP contribution in [0.4, 0.5) is 17.2 Å². The Balaban J connectivity index is 1.61. The fraction of sp³-hybridized carbons (Fsp3) is 0.250. The normalized spacial score (nSPS) is 19.3. The van der Waals surface area contributed by atoms with Gasteiger partial charge in [0, 0.05) is 45.9 Å². The van der Waals surface area contributed by atoms with Crippen LogP contribution in [-0.4, -0.2) is 36.3 Å². The van der Waals surface area contributed by atoms with E-state index in [0.717, 1.165) is 16.2 Å². The van der Waals surface area contributed by atoms with Crippen molar-refractivity contribution < 1.29 is 5.48 Å². The van der Waals surface area contributed by atoms with Gasteiger partial charge in [0.15, 0.2) is 11.5 Å². The highest BCUT2D eigenvalue weighted by Crippen LogP contribution is 2.27. The minimum absolute atomic E-state index is 0.0856. The molecule has 0 atom stereocenters. The van der Waals surface area contributed by atoms with Gasteiger partial charge in [-0.15, -0.1) is 15.3 Å². The van der Waals surface area contributed by atoms with Crippen molar-refractivity contribution in [3.63, 3.8) is 0 Å². The summed E-state index contributed by atoms with van der Waals surface area (Å²) in [5.41, 5.74) is 4.13. The summed E-state index contributed by atoms with van der Waals surface area (Å²) in [7, 11) is 0. The lowest BCUT2D eigenvalue weighted by Gasteiger charge is -2.30. The molecule has 0 aliphatic carbocycles. The fourth-order valence-electron chi connectivity index (χ4n) is 3.08. The standard InChI is InChI=1S/C20H20N8/c1-13-7-19-25-23-12-28(19)26-20(13)27-6-4-18-15(11-27)8-16(10-22-18)24-17-3-5-21-9-14(17)2/h3,5,7-10,12H,4,6,11H2,1-2H3,(H,21,24)/i6D2,11D2. The number of anilines is 3. The van der Waals surface area contributed by atoms with Gasteiger partial charge in [0.2, 0.25) is 0 Å².